The molecule has 0 spiro atoms. The van der Waals surface area contributed by atoms with Gasteiger partial charge in [0.25, 0.3) is 0 Å². The maximum absolute atomic E-state index is 12.2. The summed E-state index contributed by atoms with van der Waals surface area (Å²) in [6, 6.07) is 14.0. The SMILES string of the molecule is CC(=O)N(CCC(=O)Nc1cccc(C#N)c1)c1ccc2c(c1)OCCO2. The molecule has 1 aliphatic rings. The molecule has 2 aromatic rings. The Balaban J connectivity index is 1.65. The van der Waals surface area contributed by atoms with Gasteiger partial charge in [0.05, 0.1) is 11.6 Å². The Labute approximate surface area is 157 Å². The summed E-state index contributed by atoms with van der Waals surface area (Å²) in [4.78, 5) is 25.8. The van der Waals surface area contributed by atoms with Crippen molar-refractivity contribution in [3.8, 4) is 17.6 Å². The maximum atomic E-state index is 12.2. The zero-order valence-corrected chi connectivity index (χ0v) is 14.9. The van der Waals surface area contributed by atoms with Gasteiger partial charge in [-0.25, -0.2) is 0 Å². The number of ether oxygens (including phenoxy) is 2. The minimum Gasteiger partial charge on any atom is -0.486 e. The van der Waals surface area contributed by atoms with E-state index in [2.05, 4.69) is 5.32 Å². The van der Waals surface area contributed by atoms with Gasteiger partial charge in [-0.2, -0.15) is 5.26 Å². The van der Waals surface area contributed by atoms with Gasteiger partial charge in [0, 0.05) is 37.3 Å². The summed E-state index contributed by atoms with van der Waals surface area (Å²) in [6.45, 7) is 2.63. The molecule has 1 aliphatic heterocycles. The van der Waals surface area contributed by atoms with Crippen molar-refractivity contribution in [2.75, 3.05) is 30.0 Å². The van der Waals surface area contributed by atoms with E-state index in [1.54, 1.807) is 42.5 Å². The van der Waals surface area contributed by atoms with Crippen LogP contribution in [0.4, 0.5) is 11.4 Å². The zero-order chi connectivity index (χ0) is 19.2. The number of amides is 2. The summed E-state index contributed by atoms with van der Waals surface area (Å²) in [6.07, 6.45) is 0.116. The molecule has 27 heavy (non-hydrogen) atoms. The summed E-state index contributed by atoms with van der Waals surface area (Å²) < 4.78 is 11.0. The predicted molar refractivity (Wildman–Crippen MR) is 99.9 cm³/mol. The van der Waals surface area contributed by atoms with E-state index in [-0.39, 0.29) is 24.8 Å². The molecule has 7 nitrogen and oxygen atoms in total. The smallest absolute Gasteiger partial charge is 0.226 e. The van der Waals surface area contributed by atoms with Crippen LogP contribution in [0.2, 0.25) is 0 Å². The summed E-state index contributed by atoms with van der Waals surface area (Å²) in [5, 5.41) is 11.7. The van der Waals surface area contributed by atoms with Crippen LogP contribution >= 0.6 is 0 Å². The Kier molecular flexibility index (Phi) is 5.57. The Morgan fingerprint density at radius 2 is 1.93 bits per heavy atom. The highest BCUT2D eigenvalue weighted by Crippen LogP contribution is 2.34. The largest absolute Gasteiger partial charge is 0.486 e. The van der Waals surface area contributed by atoms with E-state index in [0.29, 0.717) is 41.7 Å². The normalized spacial score (nSPS) is 12.0. The Bertz CT molecular complexity index is 904. The number of anilines is 2. The Morgan fingerprint density at radius 3 is 2.67 bits per heavy atom. The molecule has 1 N–H and O–H groups in total. The van der Waals surface area contributed by atoms with Gasteiger partial charge in [0.15, 0.2) is 11.5 Å². The van der Waals surface area contributed by atoms with Crippen molar-refractivity contribution in [1.29, 1.82) is 5.26 Å². The maximum Gasteiger partial charge on any atom is 0.226 e. The van der Waals surface area contributed by atoms with Crippen LogP contribution in [0.15, 0.2) is 42.5 Å². The number of rotatable bonds is 5. The highest BCUT2D eigenvalue weighted by atomic mass is 16.6. The first-order chi connectivity index (χ1) is 13.1. The highest BCUT2D eigenvalue weighted by Gasteiger charge is 2.18. The average Bonchev–Trinajstić information content (AvgIpc) is 2.68. The second kappa shape index (κ2) is 8.23. The quantitative estimate of drug-likeness (QED) is 0.880. The lowest BCUT2D eigenvalue weighted by Crippen LogP contribution is -2.32. The molecule has 0 saturated carbocycles. The first kappa shape index (κ1) is 18.3. The third-order valence-electron chi connectivity index (χ3n) is 4.06. The van der Waals surface area contributed by atoms with Crippen molar-refractivity contribution in [2.24, 2.45) is 0 Å². The van der Waals surface area contributed by atoms with E-state index in [4.69, 9.17) is 14.7 Å². The summed E-state index contributed by atoms with van der Waals surface area (Å²) in [5.41, 5.74) is 1.66. The fraction of sp³-hybridized carbons (Fsp3) is 0.250. The lowest BCUT2D eigenvalue weighted by Gasteiger charge is -2.24. The van der Waals surface area contributed by atoms with Gasteiger partial charge in [0.1, 0.15) is 13.2 Å². The van der Waals surface area contributed by atoms with Gasteiger partial charge >= 0.3 is 0 Å². The first-order valence-corrected chi connectivity index (χ1v) is 8.54. The summed E-state index contributed by atoms with van der Waals surface area (Å²) in [5.74, 6) is 0.811. The zero-order valence-electron chi connectivity index (χ0n) is 14.9. The van der Waals surface area contributed by atoms with E-state index < -0.39 is 0 Å². The molecule has 1 heterocycles. The van der Waals surface area contributed by atoms with Crippen molar-refractivity contribution in [1.82, 2.24) is 0 Å². The van der Waals surface area contributed by atoms with Gasteiger partial charge < -0.3 is 19.7 Å². The fourth-order valence-electron chi connectivity index (χ4n) is 2.77. The van der Waals surface area contributed by atoms with Gasteiger partial charge in [-0.1, -0.05) is 6.07 Å². The predicted octanol–water partition coefficient (Wildman–Crippen LogP) is 2.71. The van der Waals surface area contributed by atoms with Crippen LogP contribution < -0.4 is 19.7 Å². The van der Waals surface area contributed by atoms with Gasteiger partial charge in [0.2, 0.25) is 11.8 Å². The monoisotopic (exact) mass is 365 g/mol. The molecular weight excluding hydrogens is 346 g/mol. The molecule has 0 bridgehead atoms. The van der Waals surface area contributed by atoms with Crippen LogP contribution in [-0.2, 0) is 9.59 Å². The van der Waals surface area contributed by atoms with Crippen LogP contribution in [0.3, 0.4) is 0 Å². The van der Waals surface area contributed by atoms with E-state index in [1.807, 2.05) is 6.07 Å². The molecule has 2 amide bonds. The standard InChI is InChI=1S/C20H19N3O4/c1-14(24)23(17-5-6-18-19(12-17)27-10-9-26-18)8-7-20(25)22-16-4-2-3-15(11-16)13-21/h2-6,11-12H,7-10H2,1H3,(H,22,25). The van der Waals surface area contributed by atoms with Gasteiger partial charge in [-0.05, 0) is 30.3 Å². The van der Waals surface area contributed by atoms with Crippen LogP contribution in [0.25, 0.3) is 0 Å². The van der Waals surface area contributed by atoms with Crippen molar-refractivity contribution in [3.63, 3.8) is 0 Å². The highest BCUT2D eigenvalue weighted by molar-refractivity contribution is 5.95. The first-order valence-electron chi connectivity index (χ1n) is 8.54. The molecule has 3 rings (SSSR count). The van der Waals surface area contributed by atoms with Crippen LogP contribution in [-0.4, -0.2) is 31.6 Å². The van der Waals surface area contributed by atoms with Crippen LogP contribution in [0.1, 0.15) is 18.9 Å². The number of carbonyl (C=O) groups excluding carboxylic acids is 2. The summed E-state index contributed by atoms with van der Waals surface area (Å²) >= 11 is 0. The van der Waals surface area contributed by atoms with Crippen LogP contribution in [0, 0.1) is 11.3 Å². The van der Waals surface area contributed by atoms with Gasteiger partial charge in [-0.3, -0.25) is 9.59 Å². The lowest BCUT2D eigenvalue weighted by molar-refractivity contribution is -0.117. The number of nitriles is 1. The van der Waals surface area contributed by atoms with E-state index in [0.717, 1.165) is 0 Å². The van der Waals surface area contributed by atoms with E-state index >= 15 is 0 Å². The molecule has 138 valence electrons. The molecular formula is C20H19N3O4. The molecule has 0 saturated heterocycles. The number of fused-ring (bicyclic) bond motifs is 1. The summed E-state index contributed by atoms with van der Waals surface area (Å²) in [7, 11) is 0. The minimum absolute atomic E-state index is 0.116. The molecule has 0 atom stereocenters. The molecule has 0 unspecified atom stereocenters. The van der Waals surface area contributed by atoms with Crippen molar-refractivity contribution in [2.45, 2.75) is 13.3 Å². The second-order valence-electron chi connectivity index (χ2n) is 5.99. The van der Waals surface area contributed by atoms with E-state index in [9.17, 15) is 9.59 Å². The number of hydrogen-bond donors (Lipinski definition) is 1. The number of nitrogens with one attached hydrogen (secondary N) is 1. The van der Waals surface area contributed by atoms with Crippen LogP contribution in [0.5, 0.6) is 11.5 Å². The minimum atomic E-state index is -0.242. The second-order valence-corrected chi connectivity index (χ2v) is 5.99. The molecule has 7 heteroatoms. The average molecular weight is 365 g/mol. The van der Waals surface area contributed by atoms with Gasteiger partial charge in [-0.15, -0.1) is 0 Å². The molecule has 2 aromatic carbocycles. The third-order valence-corrected chi connectivity index (χ3v) is 4.06. The molecule has 0 aliphatic carbocycles. The number of benzene rings is 2. The number of hydrogen-bond acceptors (Lipinski definition) is 5. The molecule has 0 fully saturated rings. The number of nitrogens with zero attached hydrogens (tertiary/aromatic N) is 2. The van der Waals surface area contributed by atoms with Crippen molar-refractivity contribution < 1.29 is 19.1 Å². The van der Waals surface area contributed by atoms with E-state index in [1.165, 1.54) is 11.8 Å². The molecule has 0 aromatic heterocycles. The Hall–Kier alpha value is -3.53. The fourth-order valence-corrected chi connectivity index (χ4v) is 2.77. The lowest BCUT2D eigenvalue weighted by atomic mass is 10.2. The third kappa shape index (κ3) is 4.55. The topological polar surface area (TPSA) is 91.7 Å². The molecule has 0 radical (unpaired) electrons. The van der Waals surface area contributed by atoms with Crippen molar-refractivity contribution in [3.05, 3.63) is 48.0 Å². The number of carbonyl (C=O) groups is 2. The Morgan fingerprint density at radius 1 is 1.15 bits per heavy atom. The van der Waals surface area contributed by atoms with Crippen molar-refractivity contribution >= 4 is 23.2 Å².